The van der Waals surface area contributed by atoms with Gasteiger partial charge in [0, 0.05) is 37.7 Å². The standard InChI is InChI=1S/C24H28N4O4S/c29-24(25-16-19-4-3-15-32-19)18-7-9-20(10-8-18)33(30,31)28-13-11-17(12-14-28)23-26-21-5-1-2-6-22(21)27-23/h1-2,5-10,17,19H,3-4,11-16H2,(H,25,29)(H,26,27). The molecule has 1 unspecified atom stereocenters. The number of hydrogen-bond acceptors (Lipinski definition) is 5. The second kappa shape index (κ2) is 9.24. The summed E-state index contributed by atoms with van der Waals surface area (Å²) in [6.07, 6.45) is 3.45. The van der Waals surface area contributed by atoms with E-state index in [-0.39, 0.29) is 22.8 Å². The number of aromatic amines is 1. The Kier molecular flexibility index (Phi) is 6.18. The molecular weight excluding hydrogens is 440 g/mol. The maximum Gasteiger partial charge on any atom is 0.251 e. The van der Waals surface area contributed by atoms with Crippen LogP contribution in [0.3, 0.4) is 0 Å². The Morgan fingerprint density at radius 3 is 2.55 bits per heavy atom. The van der Waals surface area contributed by atoms with E-state index in [0.717, 1.165) is 36.3 Å². The third-order valence-corrected chi connectivity index (χ3v) is 8.43. The lowest BCUT2D eigenvalue weighted by Crippen LogP contribution is -2.38. The van der Waals surface area contributed by atoms with Gasteiger partial charge in [0.15, 0.2) is 0 Å². The van der Waals surface area contributed by atoms with Gasteiger partial charge in [0.05, 0.1) is 22.0 Å². The first-order chi connectivity index (χ1) is 16.0. The average Bonchev–Trinajstić information content (AvgIpc) is 3.52. The van der Waals surface area contributed by atoms with Crippen molar-refractivity contribution >= 4 is 27.0 Å². The molecule has 1 amide bonds. The molecule has 2 saturated heterocycles. The Hall–Kier alpha value is -2.75. The van der Waals surface area contributed by atoms with E-state index in [1.807, 2.05) is 24.3 Å². The van der Waals surface area contributed by atoms with E-state index in [4.69, 9.17) is 4.74 Å². The Balaban J connectivity index is 1.20. The lowest BCUT2D eigenvalue weighted by molar-refractivity contribution is 0.0857. The summed E-state index contributed by atoms with van der Waals surface area (Å²) in [5.74, 6) is 0.909. The van der Waals surface area contributed by atoms with Gasteiger partial charge in [-0.05, 0) is 62.1 Å². The fraction of sp³-hybridized carbons (Fsp3) is 0.417. The zero-order chi connectivity index (χ0) is 22.8. The Bertz CT molecular complexity index is 1190. The van der Waals surface area contributed by atoms with E-state index in [9.17, 15) is 13.2 Å². The number of H-pyrrole nitrogens is 1. The number of carbonyl (C=O) groups excluding carboxylic acids is 1. The van der Waals surface area contributed by atoms with Gasteiger partial charge in [-0.2, -0.15) is 4.31 Å². The molecule has 3 heterocycles. The number of aromatic nitrogens is 2. The highest BCUT2D eigenvalue weighted by molar-refractivity contribution is 7.89. The van der Waals surface area contributed by atoms with Crippen molar-refractivity contribution in [3.63, 3.8) is 0 Å². The lowest BCUT2D eigenvalue weighted by Gasteiger charge is -2.30. The van der Waals surface area contributed by atoms with Crippen molar-refractivity contribution < 1.29 is 17.9 Å². The minimum absolute atomic E-state index is 0.0658. The van der Waals surface area contributed by atoms with Crippen molar-refractivity contribution in [1.82, 2.24) is 19.6 Å². The largest absolute Gasteiger partial charge is 0.376 e. The van der Waals surface area contributed by atoms with Crippen LogP contribution in [0.15, 0.2) is 53.4 Å². The summed E-state index contributed by atoms with van der Waals surface area (Å²) in [4.78, 5) is 20.6. The van der Waals surface area contributed by atoms with Crippen LogP contribution in [0, 0.1) is 0 Å². The number of benzene rings is 2. The number of carbonyl (C=O) groups is 1. The number of nitrogens with zero attached hydrogens (tertiary/aromatic N) is 2. The van der Waals surface area contributed by atoms with Gasteiger partial charge in [0.2, 0.25) is 10.0 Å². The second-order valence-electron chi connectivity index (χ2n) is 8.69. The van der Waals surface area contributed by atoms with E-state index in [1.54, 1.807) is 12.1 Å². The van der Waals surface area contributed by atoms with Crippen LogP contribution in [-0.2, 0) is 14.8 Å². The predicted octanol–water partition coefficient (Wildman–Crippen LogP) is 3.04. The molecule has 1 aromatic heterocycles. The van der Waals surface area contributed by atoms with Crippen LogP contribution in [0.4, 0.5) is 0 Å². The van der Waals surface area contributed by atoms with Gasteiger partial charge >= 0.3 is 0 Å². The van der Waals surface area contributed by atoms with Gasteiger partial charge in [-0.25, -0.2) is 13.4 Å². The van der Waals surface area contributed by atoms with Crippen molar-refractivity contribution in [2.24, 2.45) is 0 Å². The van der Waals surface area contributed by atoms with Gasteiger partial charge < -0.3 is 15.0 Å². The highest BCUT2D eigenvalue weighted by Crippen LogP contribution is 2.30. The Morgan fingerprint density at radius 1 is 1.09 bits per heavy atom. The van der Waals surface area contributed by atoms with Crippen LogP contribution in [0.5, 0.6) is 0 Å². The zero-order valence-corrected chi connectivity index (χ0v) is 19.2. The summed E-state index contributed by atoms with van der Waals surface area (Å²) in [6, 6.07) is 14.1. The molecule has 0 spiro atoms. The SMILES string of the molecule is O=C(NCC1CCCO1)c1ccc(S(=O)(=O)N2CCC(c3nc4ccccc4[nH]3)CC2)cc1. The van der Waals surface area contributed by atoms with Gasteiger partial charge in [-0.3, -0.25) is 4.79 Å². The van der Waals surface area contributed by atoms with E-state index in [1.165, 1.54) is 16.4 Å². The number of para-hydroxylation sites is 2. The monoisotopic (exact) mass is 468 g/mol. The molecule has 33 heavy (non-hydrogen) atoms. The molecule has 2 aromatic carbocycles. The Labute approximate surface area is 193 Å². The topological polar surface area (TPSA) is 104 Å². The third-order valence-electron chi connectivity index (χ3n) is 6.52. The molecule has 2 aliphatic heterocycles. The molecule has 3 aromatic rings. The summed E-state index contributed by atoms with van der Waals surface area (Å²) in [7, 11) is -3.61. The van der Waals surface area contributed by atoms with Crippen LogP contribution in [0.2, 0.25) is 0 Å². The van der Waals surface area contributed by atoms with Gasteiger partial charge in [0.25, 0.3) is 5.91 Å². The van der Waals surface area contributed by atoms with Crippen LogP contribution in [0.25, 0.3) is 11.0 Å². The van der Waals surface area contributed by atoms with Crippen molar-refractivity contribution in [2.45, 2.75) is 42.6 Å². The highest BCUT2D eigenvalue weighted by atomic mass is 32.2. The first-order valence-corrected chi connectivity index (χ1v) is 12.9. The maximum absolute atomic E-state index is 13.1. The number of piperidine rings is 1. The number of ether oxygens (including phenoxy) is 1. The lowest BCUT2D eigenvalue weighted by atomic mass is 9.97. The minimum atomic E-state index is -3.61. The number of hydrogen-bond donors (Lipinski definition) is 2. The molecule has 2 fully saturated rings. The molecule has 2 aliphatic rings. The second-order valence-corrected chi connectivity index (χ2v) is 10.6. The predicted molar refractivity (Wildman–Crippen MR) is 125 cm³/mol. The zero-order valence-electron chi connectivity index (χ0n) is 18.4. The molecule has 0 saturated carbocycles. The van der Waals surface area contributed by atoms with Crippen LogP contribution < -0.4 is 5.32 Å². The van der Waals surface area contributed by atoms with E-state index in [2.05, 4.69) is 15.3 Å². The van der Waals surface area contributed by atoms with Crippen molar-refractivity contribution in [3.8, 4) is 0 Å². The number of amides is 1. The molecule has 1 atom stereocenters. The Morgan fingerprint density at radius 2 is 1.85 bits per heavy atom. The van der Waals surface area contributed by atoms with Gasteiger partial charge in [-0.15, -0.1) is 0 Å². The van der Waals surface area contributed by atoms with Crippen molar-refractivity contribution in [3.05, 3.63) is 59.9 Å². The summed E-state index contributed by atoms with van der Waals surface area (Å²) in [5, 5.41) is 2.86. The maximum atomic E-state index is 13.1. The number of rotatable bonds is 6. The van der Waals surface area contributed by atoms with Crippen molar-refractivity contribution in [1.29, 1.82) is 0 Å². The number of imidazole rings is 1. The average molecular weight is 469 g/mol. The fourth-order valence-corrected chi connectivity index (χ4v) is 6.05. The molecule has 2 N–H and O–H groups in total. The van der Waals surface area contributed by atoms with Crippen molar-refractivity contribution in [2.75, 3.05) is 26.2 Å². The van der Waals surface area contributed by atoms with E-state index < -0.39 is 10.0 Å². The molecule has 0 radical (unpaired) electrons. The molecule has 0 aliphatic carbocycles. The minimum Gasteiger partial charge on any atom is -0.376 e. The van der Waals surface area contributed by atoms with Crippen LogP contribution >= 0.6 is 0 Å². The smallest absolute Gasteiger partial charge is 0.251 e. The van der Waals surface area contributed by atoms with Gasteiger partial charge in [0.1, 0.15) is 5.82 Å². The molecular formula is C24H28N4O4S. The number of sulfonamides is 1. The fourth-order valence-electron chi connectivity index (χ4n) is 4.58. The first kappa shape index (κ1) is 22.1. The summed E-state index contributed by atoms with van der Waals surface area (Å²) in [6.45, 7) is 2.09. The first-order valence-electron chi connectivity index (χ1n) is 11.5. The summed E-state index contributed by atoms with van der Waals surface area (Å²) in [5.41, 5.74) is 2.38. The quantitative estimate of drug-likeness (QED) is 0.579. The third kappa shape index (κ3) is 4.66. The highest BCUT2D eigenvalue weighted by Gasteiger charge is 2.31. The molecule has 5 rings (SSSR count). The normalized spacial score (nSPS) is 20.3. The van der Waals surface area contributed by atoms with Crippen LogP contribution in [-0.4, -0.2) is 60.9 Å². The van der Waals surface area contributed by atoms with E-state index >= 15 is 0 Å². The number of fused-ring (bicyclic) bond motifs is 1. The summed E-state index contributed by atoms with van der Waals surface area (Å²) >= 11 is 0. The number of nitrogens with one attached hydrogen (secondary N) is 2. The molecule has 9 heteroatoms. The molecule has 8 nitrogen and oxygen atoms in total. The van der Waals surface area contributed by atoms with Crippen LogP contribution in [0.1, 0.15) is 47.8 Å². The molecule has 0 bridgehead atoms. The van der Waals surface area contributed by atoms with Gasteiger partial charge in [-0.1, -0.05) is 12.1 Å². The van der Waals surface area contributed by atoms with E-state index in [0.29, 0.717) is 38.0 Å². The summed E-state index contributed by atoms with van der Waals surface area (Å²) < 4.78 is 33.3. The molecule has 174 valence electrons.